The van der Waals surface area contributed by atoms with Gasteiger partial charge < -0.3 is 30.7 Å². The Balaban J connectivity index is 2.08. The molecule has 2 saturated heterocycles. The standard InChI is InChI=1S/C17H30ClFN2O5S/c1-4-5-17(19)6-9(20-7-17)15(25)21-10(8(2)18)14-12(23)11(22)13(24)16(26-14)27-3/h8-14,16,20,22-24H,4-7H2,1-3H3,(H,21,25)/t8?,9?,10?,11-,12+,13+,14+,16+,17?/m0/s1. The number of alkyl halides is 2. The van der Waals surface area contributed by atoms with Gasteiger partial charge in [0.15, 0.2) is 0 Å². The van der Waals surface area contributed by atoms with Crippen molar-refractivity contribution in [3.8, 4) is 0 Å². The number of hydrogen-bond acceptors (Lipinski definition) is 7. The zero-order valence-corrected chi connectivity index (χ0v) is 17.3. The molecule has 0 aromatic heterocycles. The molecule has 2 rings (SSSR count). The first-order chi connectivity index (χ1) is 12.6. The van der Waals surface area contributed by atoms with E-state index in [-0.39, 0.29) is 13.0 Å². The number of nitrogens with one attached hydrogen (secondary N) is 2. The SMILES string of the molecule is CCCC1(F)CNC(C(=O)NC(C(C)Cl)[C@H]2O[C@H](SC)[C@H](O)[C@@H](O)[C@H]2O)C1. The summed E-state index contributed by atoms with van der Waals surface area (Å²) in [6.45, 7) is 3.64. The zero-order chi connectivity index (χ0) is 20.4. The van der Waals surface area contributed by atoms with Crippen molar-refractivity contribution in [2.45, 2.75) is 86.1 Å². The molecular formula is C17H30ClFN2O5S. The maximum absolute atomic E-state index is 14.6. The summed E-state index contributed by atoms with van der Waals surface area (Å²) in [5, 5.41) is 35.4. The predicted molar refractivity (Wildman–Crippen MR) is 103 cm³/mol. The van der Waals surface area contributed by atoms with Gasteiger partial charge in [0, 0.05) is 13.0 Å². The minimum atomic E-state index is -1.43. The number of rotatable bonds is 7. The molecule has 0 spiro atoms. The van der Waals surface area contributed by atoms with Crippen molar-refractivity contribution in [1.82, 2.24) is 10.6 Å². The number of ether oxygens (including phenoxy) is 1. The van der Waals surface area contributed by atoms with Gasteiger partial charge in [-0.15, -0.1) is 23.4 Å². The third-order valence-electron chi connectivity index (χ3n) is 5.25. The molecule has 0 aromatic rings. The minimum absolute atomic E-state index is 0.0684. The third kappa shape index (κ3) is 5.26. The van der Waals surface area contributed by atoms with Gasteiger partial charge in [0.2, 0.25) is 5.91 Å². The van der Waals surface area contributed by atoms with Crippen molar-refractivity contribution in [2.24, 2.45) is 0 Å². The van der Waals surface area contributed by atoms with Gasteiger partial charge in [-0.25, -0.2) is 4.39 Å². The van der Waals surface area contributed by atoms with Gasteiger partial charge in [-0.1, -0.05) is 13.3 Å². The third-order valence-corrected chi connectivity index (χ3v) is 6.37. The van der Waals surface area contributed by atoms with Crippen molar-refractivity contribution in [2.75, 3.05) is 12.8 Å². The zero-order valence-electron chi connectivity index (χ0n) is 15.8. The van der Waals surface area contributed by atoms with Crippen LogP contribution in [0.25, 0.3) is 0 Å². The summed E-state index contributed by atoms with van der Waals surface area (Å²) in [6, 6.07) is -1.53. The lowest BCUT2D eigenvalue weighted by Gasteiger charge is -2.44. The monoisotopic (exact) mass is 428 g/mol. The highest BCUT2D eigenvalue weighted by Crippen LogP contribution is 2.31. The van der Waals surface area contributed by atoms with E-state index in [0.717, 1.165) is 0 Å². The molecule has 2 heterocycles. The molecule has 5 N–H and O–H groups in total. The van der Waals surface area contributed by atoms with Crippen LogP contribution in [0, 0.1) is 0 Å². The first kappa shape index (κ1) is 23.1. The summed E-state index contributed by atoms with van der Waals surface area (Å²) in [4.78, 5) is 12.6. The average Bonchev–Trinajstić information content (AvgIpc) is 3.00. The van der Waals surface area contributed by atoms with Crippen molar-refractivity contribution in [3.63, 3.8) is 0 Å². The fraction of sp³-hybridized carbons (Fsp3) is 0.941. The van der Waals surface area contributed by atoms with E-state index in [1.807, 2.05) is 6.92 Å². The van der Waals surface area contributed by atoms with Crippen LogP contribution >= 0.6 is 23.4 Å². The minimum Gasteiger partial charge on any atom is -0.388 e. The molecule has 27 heavy (non-hydrogen) atoms. The number of amides is 1. The Morgan fingerprint density at radius 2 is 2.07 bits per heavy atom. The Bertz CT molecular complexity index is 518. The van der Waals surface area contributed by atoms with Crippen LogP contribution in [-0.4, -0.2) is 87.0 Å². The van der Waals surface area contributed by atoms with E-state index in [1.165, 1.54) is 11.8 Å². The Morgan fingerprint density at radius 1 is 1.41 bits per heavy atom. The molecule has 0 saturated carbocycles. The van der Waals surface area contributed by atoms with Crippen molar-refractivity contribution >= 4 is 29.3 Å². The van der Waals surface area contributed by atoms with Gasteiger partial charge in [-0.05, 0) is 19.6 Å². The van der Waals surface area contributed by atoms with E-state index in [0.29, 0.717) is 12.8 Å². The summed E-state index contributed by atoms with van der Waals surface area (Å²) in [5.74, 6) is -0.430. The smallest absolute Gasteiger partial charge is 0.237 e. The highest BCUT2D eigenvalue weighted by molar-refractivity contribution is 7.99. The second-order valence-electron chi connectivity index (χ2n) is 7.43. The second-order valence-corrected chi connectivity index (χ2v) is 9.05. The molecule has 0 aliphatic carbocycles. The summed E-state index contributed by atoms with van der Waals surface area (Å²) < 4.78 is 20.3. The van der Waals surface area contributed by atoms with Crippen molar-refractivity contribution < 1.29 is 29.2 Å². The Morgan fingerprint density at radius 3 is 2.63 bits per heavy atom. The van der Waals surface area contributed by atoms with Gasteiger partial charge in [-0.2, -0.15) is 0 Å². The van der Waals surface area contributed by atoms with Gasteiger partial charge in [0.25, 0.3) is 0 Å². The molecule has 2 aliphatic rings. The number of carbonyl (C=O) groups is 1. The van der Waals surface area contributed by atoms with Crippen LogP contribution in [0.3, 0.4) is 0 Å². The van der Waals surface area contributed by atoms with Crippen LogP contribution in [0.1, 0.15) is 33.1 Å². The number of aliphatic hydroxyl groups is 3. The molecule has 2 fully saturated rings. The fourth-order valence-electron chi connectivity index (χ4n) is 3.73. The summed E-state index contributed by atoms with van der Waals surface area (Å²) >= 11 is 7.40. The van der Waals surface area contributed by atoms with E-state index < -0.39 is 58.9 Å². The summed E-state index contributed by atoms with van der Waals surface area (Å²) in [5.41, 5.74) is -2.18. The molecule has 158 valence electrons. The first-order valence-corrected chi connectivity index (χ1v) is 10.9. The molecular weight excluding hydrogens is 399 g/mol. The number of aliphatic hydroxyl groups excluding tert-OH is 3. The molecule has 9 atom stereocenters. The fourth-order valence-corrected chi connectivity index (χ4v) is 4.61. The lowest BCUT2D eigenvalue weighted by molar-refractivity contribution is -0.205. The number of thioether (sulfide) groups is 1. The molecule has 2 aliphatic heterocycles. The predicted octanol–water partition coefficient (Wildman–Crippen LogP) is 0.139. The largest absolute Gasteiger partial charge is 0.388 e. The average molecular weight is 429 g/mol. The molecule has 0 radical (unpaired) electrons. The number of hydrogen-bond donors (Lipinski definition) is 5. The first-order valence-electron chi connectivity index (χ1n) is 9.22. The number of halogens is 2. The summed E-state index contributed by atoms with van der Waals surface area (Å²) in [6.07, 6.45) is -2.29. The van der Waals surface area contributed by atoms with Crippen LogP contribution in [0.15, 0.2) is 0 Å². The maximum Gasteiger partial charge on any atom is 0.237 e. The molecule has 1 amide bonds. The quantitative estimate of drug-likeness (QED) is 0.367. The molecule has 0 aromatic carbocycles. The van der Waals surface area contributed by atoms with E-state index >= 15 is 0 Å². The van der Waals surface area contributed by atoms with E-state index in [9.17, 15) is 24.5 Å². The van der Waals surface area contributed by atoms with Gasteiger partial charge >= 0.3 is 0 Å². The highest BCUT2D eigenvalue weighted by atomic mass is 35.5. The van der Waals surface area contributed by atoms with E-state index in [1.54, 1.807) is 13.2 Å². The maximum atomic E-state index is 14.6. The van der Waals surface area contributed by atoms with Crippen molar-refractivity contribution in [3.05, 3.63) is 0 Å². The Kier molecular flexibility index (Phi) is 8.19. The topological polar surface area (TPSA) is 111 Å². The van der Waals surface area contributed by atoms with Gasteiger partial charge in [0.1, 0.15) is 35.5 Å². The van der Waals surface area contributed by atoms with E-state index in [2.05, 4.69) is 10.6 Å². The Hall–Kier alpha value is -0.160. The van der Waals surface area contributed by atoms with Gasteiger partial charge in [0.05, 0.1) is 17.5 Å². The van der Waals surface area contributed by atoms with Crippen LogP contribution in [0.4, 0.5) is 4.39 Å². The highest BCUT2D eigenvalue weighted by Gasteiger charge is 2.49. The Labute approximate surface area is 168 Å². The molecule has 7 nitrogen and oxygen atoms in total. The second kappa shape index (κ2) is 9.56. The lowest BCUT2D eigenvalue weighted by atomic mass is 9.92. The lowest BCUT2D eigenvalue weighted by Crippen LogP contribution is -2.65. The van der Waals surface area contributed by atoms with Crippen LogP contribution in [0.5, 0.6) is 0 Å². The van der Waals surface area contributed by atoms with E-state index in [4.69, 9.17) is 16.3 Å². The van der Waals surface area contributed by atoms with Crippen LogP contribution < -0.4 is 10.6 Å². The summed E-state index contributed by atoms with van der Waals surface area (Å²) in [7, 11) is 0. The van der Waals surface area contributed by atoms with Crippen LogP contribution in [-0.2, 0) is 9.53 Å². The molecule has 0 bridgehead atoms. The van der Waals surface area contributed by atoms with Crippen molar-refractivity contribution in [1.29, 1.82) is 0 Å². The van der Waals surface area contributed by atoms with Gasteiger partial charge in [-0.3, -0.25) is 4.79 Å². The van der Waals surface area contributed by atoms with Crippen LogP contribution in [0.2, 0.25) is 0 Å². The molecule has 4 unspecified atom stereocenters. The molecule has 10 heteroatoms. The normalized spacial score (nSPS) is 41.9. The number of carbonyl (C=O) groups excluding carboxylic acids is 1.